The average molecular weight is 239 g/mol. The van der Waals surface area contributed by atoms with Crippen molar-refractivity contribution in [2.24, 2.45) is 7.05 Å². The normalized spacial score (nSPS) is 12.4. The van der Waals surface area contributed by atoms with E-state index >= 15 is 0 Å². The molecule has 0 saturated heterocycles. The van der Waals surface area contributed by atoms with Gasteiger partial charge in [0.15, 0.2) is 0 Å². The highest BCUT2D eigenvalue weighted by Gasteiger charge is 2.28. The molecule has 96 valence electrons. The van der Waals surface area contributed by atoms with Gasteiger partial charge in [-0.1, -0.05) is 0 Å². The Hall–Kier alpha value is -1.52. The van der Waals surface area contributed by atoms with E-state index in [1.807, 2.05) is 46.2 Å². The Morgan fingerprint density at radius 1 is 1.35 bits per heavy atom. The number of nitrogens with zero attached hydrogens (tertiary/aromatic N) is 2. The maximum atomic E-state index is 11.7. The maximum absolute atomic E-state index is 11.7. The van der Waals surface area contributed by atoms with Gasteiger partial charge in [-0.3, -0.25) is 0 Å². The second kappa shape index (κ2) is 4.39. The van der Waals surface area contributed by atoms with E-state index in [4.69, 9.17) is 4.74 Å². The molecule has 1 N–H and O–H groups in total. The first-order chi connectivity index (χ1) is 7.62. The Labute approximate surface area is 102 Å². The van der Waals surface area contributed by atoms with Crippen LogP contribution in [0.3, 0.4) is 0 Å². The fourth-order valence-corrected chi connectivity index (χ4v) is 1.58. The van der Waals surface area contributed by atoms with Crippen LogP contribution >= 0.6 is 0 Å². The number of aryl methyl sites for hydroxylation is 1. The number of carbonyl (C=O) groups is 1. The standard InChI is InChI=1S/C12H21N3O2/c1-11(2,3)17-10(16)14-12(4,5)9-7-13-8-15(9)6/h7-8H,1-6H3,(H,14,16). The number of ether oxygens (including phenoxy) is 1. The molecule has 0 aromatic carbocycles. The Balaban J connectivity index is 2.74. The molecule has 0 fully saturated rings. The quantitative estimate of drug-likeness (QED) is 0.860. The summed E-state index contributed by atoms with van der Waals surface area (Å²) in [4.78, 5) is 15.8. The van der Waals surface area contributed by atoms with Crippen LogP contribution in [-0.4, -0.2) is 21.2 Å². The zero-order valence-corrected chi connectivity index (χ0v) is 11.4. The van der Waals surface area contributed by atoms with Crippen LogP contribution in [-0.2, 0) is 17.3 Å². The summed E-state index contributed by atoms with van der Waals surface area (Å²) in [6.07, 6.45) is 3.01. The molecule has 5 nitrogen and oxygen atoms in total. The summed E-state index contributed by atoms with van der Waals surface area (Å²) in [6, 6.07) is 0. The smallest absolute Gasteiger partial charge is 0.408 e. The maximum Gasteiger partial charge on any atom is 0.408 e. The van der Waals surface area contributed by atoms with Crippen LogP contribution in [0.4, 0.5) is 4.79 Å². The third-order valence-corrected chi connectivity index (χ3v) is 2.27. The summed E-state index contributed by atoms with van der Waals surface area (Å²) in [7, 11) is 1.89. The van der Waals surface area contributed by atoms with Gasteiger partial charge >= 0.3 is 6.09 Å². The molecular formula is C12H21N3O2. The lowest BCUT2D eigenvalue weighted by Crippen LogP contribution is -2.44. The molecule has 0 aliphatic carbocycles. The molecule has 1 aromatic rings. The van der Waals surface area contributed by atoms with Gasteiger partial charge in [-0.15, -0.1) is 0 Å². The van der Waals surface area contributed by atoms with E-state index in [0.29, 0.717) is 0 Å². The van der Waals surface area contributed by atoms with Crippen LogP contribution < -0.4 is 5.32 Å². The molecule has 1 rings (SSSR count). The fourth-order valence-electron chi connectivity index (χ4n) is 1.58. The van der Waals surface area contributed by atoms with E-state index in [2.05, 4.69) is 10.3 Å². The molecule has 17 heavy (non-hydrogen) atoms. The van der Waals surface area contributed by atoms with Gasteiger partial charge in [-0.25, -0.2) is 9.78 Å². The lowest BCUT2D eigenvalue weighted by atomic mass is 10.0. The molecule has 0 unspecified atom stereocenters. The average Bonchev–Trinajstić information content (AvgIpc) is 2.46. The van der Waals surface area contributed by atoms with Crippen molar-refractivity contribution < 1.29 is 9.53 Å². The van der Waals surface area contributed by atoms with Gasteiger partial charge in [0, 0.05) is 7.05 Å². The Morgan fingerprint density at radius 2 is 1.94 bits per heavy atom. The van der Waals surface area contributed by atoms with Gasteiger partial charge in [0.1, 0.15) is 5.60 Å². The largest absolute Gasteiger partial charge is 0.444 e. The zero-order chi connectivity index (χ0) is 13.3. The third kappa shape index (κ3) is 3.76. The minimum Gasteiger partial charge on any atom is -0.444 e. The molecule has 5 heteroatoms. The molecule has 0 aliphatic rings. The number of imidazole rings is 1. The van der Waals surface area contributed by atoms with Gasteiger partial charge in [0.2, 0.25) is 0 Å². The van der Waals surface area contributed by atoms with E-state index in [9.17, 15) is 4.79 Å². The van der Waals surface area contributed by atoms with Crippen molar-refractivity contribution in [3.05, 3.63) is 18.2 Å². The number of hydrogen-bond donors (Lipinski definition) is 1. The number of alkyl carbamates (subject to hydrolysis) is 1. The van der Waals surface area contributed by atoms with Crippen LogP contribution in [0.15, 0.2) is 12.5 Å². The second-order valence-electron chi connectivity index (χ2n) is 5.64. The zero-order valence-electron chi connectivity index (χ0n) is 11.4. The predicted molar refractivity (Wildman–Crippen MR) is 65.6 cm³/mol. The van der Waals surface area contributed by atoms with Gasteiger partial charge in [0.25, 0.3) is 0 Å². The van der Waals surface area contributed by atoms with E-state index in [1.165, 1.54) is 0 Å². The number of aromatic nitrogens is 2. The molecule has 0 atom stereocenters. The van der Waals surface area contributed by atoms with Gasteiger partial charge in [0.05, 0.1) is 23.8 Å². The second-order valence-corrected chi connectivity index (χ2v) is 5.64. The highest BCUT2D eigenvalue weighted by molar-refractivity contribution is 5.68. The summed E-state index contributed by atoms with van der Waals surface area (Å²) < 4.78 is 7.10. The van der Waals surface area contributed by atoms with Gasteiger partial charge in [-0.2, -0.15) is 0 Å². The van der Waals surface area contributed by atoms with Crippen LogP contribution in [0, 0.1) is 0 Å². The van der Waals surface area contributed by atoms with Crippen molar-refractivity contribution in [3.8, 4) is 0 Å². The highest BCUT2D eigenvalue weighted by atomic mass is 16.6. The van der Waals surface area contributed by atoms with Crippen molar-refractivity contribution in [2.75, 3.05) is 0 Å². The van der Waals surface area contributed by atoms with Crippen molar-refractivity contribution in [2.45, 2.75) is 45.8 Å². The lowest BCUT2D eigenvalue weighted by molar-refractivity contribution is 0.0467. The predicted octanol–water partition coefficient (Wildman–Crippen LogP) is 2.18. The van der Waals surface area contributed by atoms with E-state index < -0.39 is 17.2 Å². The monoisotopic (exact) mass is 239 g/mol. The molecule has 0 saturated carbocycles. The SMILES string of the molecule is Cn1cncc1C(C)(C)NC(=O)OC(C)(C)C. The van der Waals surface area contributed by atoms with Crippen molar-refractivity contribution in [3.63, 3.8) is 0 Å². The molecule has 0 spiro atoms. The van der Waals surface area contributed by atoms with Crippen LogP contribution in [0.5, 0.6) is 0 Å². The van der Waals surface area contributed by atoms with E-state index in [-0.39, 0.29) is 0 Å². The molecule has 1 amide bonds. The van der Waals surface area contributed by atoms with Crippen molar-refractivity contribution >= 4 is 6.09 Å². The number of amides is 1. The highest BCUT2D eigenvalue weighted by Crippen LogP contribution is 2.19. The summed E-state index contributed by atoms with van der Waals surface area (Å²) in [5.41, 5.74) is -0.0939. The minimum atomic E-state index is -0.520. The molecule has 1 heterocycles. The first kappa shape index (κ1) is 13.5. The molecule has 0 aliphatic heterocycles. The number of nitrogens with one attached hydrogen (secondary N) is 1. The third-order valence-electron chi connectivity index (χ3n) is 2.27. The van der Waals surface area contributed by atoms with Gasteiger partial charge < -0.3 is 14.6 Å². The first-order valence-corrected chi connectivity index (χ1v) is 5.60. The first-order valence-electron chi connectivity index (χ1n) is 5.60. The van der Waals surface area contributed by atoms with Crippen LogP contribution in [0.1, 0.15) is 40.3 Å². The van der Waals surface area contributed by atoms with Crippen molar-refractivity contribution in [1.29, 1.82) is 0 Å². The number of carbonyl (C=O) groups excluding carboxylic acids is 1. The molecule has 1 aromatic heterocycles. The van der Waals surface area contributed by atoms with Gasteiger partial charge in [-0.05, 0) is 34.6 Å². The summed E-state index contributed by atoms with van der Waals surface area (Å²) in [5, 5.41) is 2.83. The Bertz CT molecular complexity index is 402. The van der Waals surface area contributed by atoms with E-state index in [1.54, 1.807) is 12.5 Å². The molecular weight excluding hydrogens is 218 g/mol. The summed E-state index contributed by atoms with van der Waals surface area (Å²) in [6.45, 7) is 9.33. The molecule has 0 radical (unpaired) electrons. The fraction of sp³-hybridized carbons (Fsp3) is 0.667. The number of rotatable bonds is 2. The topological polar surface area (TPSA) is 56.2 Å². The summed E-state index contributed by atoms with van der Waals surface area (Å²) in [5.74, 6) is 0. The number of hydrogen-bond acceptors (Lipinski definition) is 3. The Kier molecular flexibility index (Phi) is 3.50. The lowest BCUT2D eigenvalue weighted by Gasteiger charge is -2.28. The summed E-state index contributed by atoms with van der Waals surface area (Å²) >= 11 is 0. The van der Waals surface area contributed by atoms with Crippen molar-refractivity contribution in [1.82, 2.24) is 14.9 Å². The minimum absolute atomic E-state index is 0.427. The Morgan fingerprint density at radius 3 is 2.35 bits per heavy atom. The van der Waals surface area contributed by atoms with Crippen LogP contribution in [0.2, 0.25) is 0 Å². The van der Waals surface area contributed by atoms with Crippen LogP contribution in [0.25, 0.3) is 0 Å². The van der Waals surface area contributed by atoms with E-state index in [0.717, 1.165) is 5.69 Å². The molecule has 0 bridgehead atoms.